The Morgan fingerprint density at radius 1 is 1.50 bits per heavy atom. The highest BCUT2D eigenvalue weighted by Gasteiger charge is 2.31. The van der Waals surface area contributed by atoms with Gasteiger partial charge in [0.25, 0.3) is 11.6 Å². The molecule has 1 unspecified atom stereocenters. The van der Waals surface area contributed by atoms with E-state index in [9.17, 15) is 19.7 Å². The third-order valence-electron chi connectivity index (χ3n) is 4.16. The van der Waals surface area contributed by atoms with Gasteiger partial charge in [-0.1, -0.05) is 0 Å². The Kier molecular flexibility index (Phi) is 4.34. The highest BCUT2D eigenvalue weighted by molar-refractivity contribution is 6.02. The lowest BCUT2D eigenvalue weighted by atomic mass is 10.2. The van der Waals surface area contributed by atoms with Gasteiger partial charge in [-0.25, -0.2) is 0 Å². The van der Waals surface area contributed by atoms with Crippen molar-refractivity contribution in [2.24, 2.45) is 11.7 Å². The maximum atomic E-state index is 12.1. The number of hydrogen-bond donors (Lipinski definition) is 2. The average Bonchev–Trinajstić information content (AvgIpc) is 3.39. The number of anilines is 1. The fraction of sp³-hybridized carbons (Fsp3) is 0.467. The van der Waals surface area contributed by atoms with Gasteiger partial charge in [0, 0.05) is 24.7 Å². The summed E-state index contributed by atoms with van der Waals surface area (Å²) in [7, 11) is 0. The molecule has 1 aromatic rings. The molecule has 3 N–H and O–H groups in total. The molecule has 1 saturated carbocycles. The molecule has 2 amide bonds. The number of nitrogens with two attached hydrogens (primary N) is 1. The van der Waals surface area contributed by atoms with Crippen LogP contribution in [0.2, 0.25) is 0 Å². The lowest BCUT2D eigenvalue weighted by molar-refractivity contribution is -0.384. The zero-order chi connectivity index (χ0) is 17.3. The van der Waals surface area contributed by atoms with Crippen molar-refractivity contribution in [3.63, 3.8) is 0 Å². The summed E-state index contributed by atoms with van der Waals surface area (Å²) < 4.78 is 5.25. The number of nitrogens with one attached hydrogen (secondary N) is 1. The summed E-state index contributed by atoms with van der Waals surface area (Å²) in [6, 6.07) is 3.87. The van der Waals surface area contributed by atoms with Gasteiger partial charge < -0.3 is 15.8 Å². The van der Waals surface area contributed by atoms with E-state index in [0.717, 1.165) is 12.8 Å². The largest absolute Gasteiger partial charge is 0.482 e. The van der Waals surface area contributed by atoms with E-state index in [2.05, 4.69) is 5.32 Å². The monoisotopic (exact) mass is 334 g/mol. The molecule has 1 aliphatic heterocycles. The first-order valence-corrected chi connectivity index (χ1v) is 7.69. The maximum Gasteiger partial charge on any atom is 0.271 e. The van der Waals surface area contributed by atoms with Gasteiger partial charge in [-0.15, -0.1) is 0 Å². The van der Waals surface area contributed by atoms with Crippen LogP contribution >= 0.6 is 0 Å². The zero-order valence-electron chi connectivity index (χ0n) is 12.9. The zero-order valence-corrected chi connectivity index (χ0v) is 12.9. The van der Waals surface area contributed by atoms with Crippen LogP contribution in [0.3, 0.4) is 0 Å². The predicted molar refractivity (Wildman–Crippen MR) is 84.7 cm³/mol. The number of rotatable bonds is 6. The van der Waals surface area contributed by atoms with Crippen LogP contribution in [0.4, 0.5) is 11.4 Å². The molecule has 0 radical (unpaired) electrons. The number of carbonyl (C=O) groups is 2. The molecule has 0 saturated heterocycles. The highest BCUT2D eigenvalue weighted by Crippen LogP contribution is 2.35. The summed E-state index contributed by atoms with van der Waals surface area (Å²) in [5, 5.41) is 13.6. The number of fused-ring (bicyclic) bond motifs is 1. The molecule has 24 heavy (non-hydrogen) atoms. The number of nitrogens with zero attached hydrogens (tertiary/aromatic N) is 2. The Bertz CT molecular complexity index is 688. The fourth-order valence-electron chi connectivity index (χ4n) is 2.60. The number of ether oxygens (including phenoxy) is 1. The number of amides is 2. The lowest BCUT2D eigenvalue weighted by Crippen LogP contribution is -2.47. The smallest absolute Gasteiger partial charge is 0.271 e. The van der Waals surface area contributed by atoms with Gasteiger partial charge in [0.05, 0.1) is 10.6 Å². The molecular formula is C15H18N4O5. The van der Waals surface area contributed by atoms with E-state index in [1.807, 2.05) is 0 Å². The number of nitro benzene ring substituents is 1. The molecule has 1 heterocycles. The van der Waals surface area contributed by atoms with Crippen LogP contribution in [0.25, 0.3) is 0 Å². The van der Waals surface area contributed by atoms with Gasteiger partial charge in [-0.2, -0.15) is 0 Å². The van der Waals surface area contributed by atoms with Crippen LogP contribution in [-0.2, 0) is 9.59 Å². The van der Waals surface area contributed by atoms with Crippen molar-refractivity contribution < 1.29 is 19.2 Å². The fourth-order valence-corrected chi connectivity index (χ4v) is 2.60. The molecular weight excluding hydrogens is 316 g/mol. The normalized spacial score (nSPS) is 17.7. The number of hydrogen-bond acceptors (Lipinski definition) is 6. The molecule has 0 aromatic heterocycles. The Labute approximate surface area is 137 Å². The minimum absolute atomic E-state index is 0.0808. The Hall–Kier alpha value is -2.68. The highest BCUT2D eigenvalue weighted by atomic mass is 16.6. The van der Waals surface area contributed by atoms with Crippen LogP contribution in [0.1, 0.15) is 12.8 Å². The number of non-ortho nitro benzene ring substituents is 1. The molecule has 3 rings (SSSR count). The summed E-state index contributed by atoms with van der Waals surface area (Å²) >= 11 is 0. The van der Waals surface area contributed by atoms with Crippen molar-refractivity contribution in [1.29, 1.82) is 0 Å². The lowest BCUT2D eigenvalue weighted by Gasteiger charge is -2.28. The van der Waals surface area contributed by atoms with Gasteiger partial charge >= 0.3 is 0 Å². The topological polar surface area (TPSA) is 128 Å². The van der Waals surface area contributed by atoms with E-state index < -0.39 is 10.8 Å². The van der Waals surface area contributed by atoms with Gasteiger partial charge in [0.2, 0.25) is 5.91 Å². The second-order valence-corrected chi connectivity index (χ2v) is 5.98. The van der Waals surface area contributed by atoms with E-state index in [1.54, 1.807) is 0 Å². The molecule has 1 aliphatic carbocycles. The molecule has 0 bridgehead atoms. The van der Waals surface area contributed by atoms with Crippen molar-refractivity contribution in [3.05, 3.63) is 28.3 Å². The Morgan fingerprint density at radius 3 is 2.92 bits per heavy atom. The minimum Gasteiger partial charge on any atom is -0.482 e. The van der Waals surface area contributed by atoms with Crippen molar-refractivity contribution in [2.75, 3.05) is 24.6 Å². The predicted octanol–water partition coefficient (Wildman–Crippen LogP) is 0.174. The van der Waals surface area contributed by atoms with Crippen LogP contribution in [0.15, 0.2) is 18.2 Å². The summed E-state index contributed by atoms with van der Waals surface area (Å²) in [6.07, 6.45) is 2.16. The second-order valence-electron chi connectivity index (χ2n) is 5.98. The van der Waals surface area contributed by atoms with Crippen molar-refractivity contribution in [1.82, 2.24) is 5.32 Å². The Balaban J connectivity index is 1.70. The Morgan fingerprint density at radius 2 is 2.25 bits per heavy atom. The molecule has 9 heteroatoms. The van der Waals surface area contributed by atoms with Gasteiger partial charge in [-0.3, -0.25) is 24.6 Å². The van der Waals surface area contributed by atoms with Crippen LogP contribution in [0.5, 0.6) is 5.75 Å². The minimum atomic E-state index is -0.563. The first-order chi connectivity index (χ1) is 11.5. The molecule has 1 aromatic carbocycles. The second kappa shape index (κ2) is 6.44. The van der Waals surface area contributed by atoms with Crippen LogP contribution in [0, 0.1) is 16.0 Å². The maximum absolute atomic E-state index is 12.1. The van der Waals surface area contributed by atoms with Gasteiger partial charge in [0.1, 0.15) is 12.3 Å². The number of benzene rings is 1. The van der Waals surface area contributed by atoms with E-state index in [0.29, 0.717) is 18.2 Å². The third kappa shape index (κ3) is 3.46. The van der Waals surface area contributed by atoms with Crippen LogP contribution < -0.4 is 20.7 Å². The molecule has 1 fully saturated rings. The van der Waals surface area contributed by atoms with E-state index in [-0.39, 0.29) is 36.5 Å². The quantitative estimate of drug-likeness (QED) is 0.564. The summed E-state index contributed by atoms with van der Waals surface area (Å²) in [6.45, 7) is -0.0861. The first-order valence-electron chi connectivity index (χ1n) is 7.69. The SMILES string of the molecule is NC(CNC(=O)CN1C(=O)COc2ccc([N+](=O)[O-])cc21)C1CC1. The first kappa shape index (κ1) is 16.2. The van der Waals surface area contributed by atoms with E-state index in [1.165, 1.54) is 23.1 Å². The van der Waals surface area contributed by atoms with Crippen molar-refractivity contribution in [2.45, 2.75) is 18.9 Å². The third-order valence-corrected chi connectivity index (χ3v) is 4.16. The van der Waals surface area contributed by atoms with E-state index in [4.69, 9.17) is 10.5 Å². The summed E-state index contributed by atoms with van der Waals surface area (Å²) in [5.74, 6) is 0.00446. The molecule has 1 atom stereocenters. The van der Waals surface area contributed by atoms with Crippen molar-refractivity contribution >= 4 is 23.2 Å². The summed E-state index contributed by atoms with van der Waals surface area (Å²) in [5.41, 5.74) is 5.98. The van der Waals surface area contributed by atoms with Crippen molar-refractivity contribution in [3.8, 4) is 5.75 Å². The average molecular weight is 334 g/mol. The summed E-state index contributed by atoms with van der Waals surface area (Å²) in [4.78, 5) is 35.7. The van der Waals surface area contributed by atoms with Gasteiger partial charge in [-0.05, 0) is 24.8 Å². The molecule has 0 spiro atoms. The molecule has 128 valence electrons. The standard InChI is InChI=1S/C15H18N4O5/c16-11(9-1-2-9)6-17-14(20)7-18-12-5-10(19(22)23)3-4-13(12)24-8-15(18)21/h3-5,9,11H,1-2,6-8,16H2,(H,17,20). The molecule has 2 aliphatic rings. The number of carbonyl (C=O) groups excluding carboxylic acids is 2. The van der Waals surface area contributed by atoms with Gasteiger partial charge in [0.15, 0.2) is 6.61 Å². The number of nitro groups is 1. The van der Waals surface area contributed by atoms with Crippen LogP contribution in [-0.4, -0.2) is 42.5 Å². The molecule has 9 nitrogen and oxygen atoms in total. The van der Waals surface area contributed by atoms with E-state index >= 15 is 0 Å².